The fourth-order valence-electron chi connectivity index (χ4n) is 1.74. The van der Waals surface area contributed by atoms with Gasteiger partial charge in [0.25, 0.3) is 0 Å². The Morgan fingerprint density at radius 2 is 2.00 bits per heavy atom. The number of anilines is 1. The van der Waals surface area contributed by atoms with E-state index in [4.69, 9.17) is 15.2 Å². The number of rotatable bonds is 4. The molecule has 0 amide bonds. The molecule has 4 nitrogen and oxygen atoms in total. The number of carbonyl (C=O) groups is 1. The van der Waals surface area contributed by atoms with Crippen LogP contribution < -0.4 is 10.5 Å². The molecule has 2 rings (SSSR count). The Balaban J connectivity index is 2.11. The summed E-state index contributed by atoms with van der Waals surface area (Å²) in [6.07, 6.45) is 0. The van der Waals surface area contributed by atoms with Crippen molar-refractivity contribution < 1.29 is 14.3 Å². The van der Waals surface area contributed by atoms with Crippen molar-refractivity contribution in [3.05, 3.63) is 56.5 Å². The number of hydrogen-bond donors (Lipinski definition) is 1. The molecule has 0 atom stereocenters. The highest BCUT2D eigenvalue weighted by Crippen LogP contribution is 2.29. The molecule has 110 valence electrons. The number of hydrogen-bond acceptors (Lipinski definition) is 4. The van der Waals surface area contributed by atoms with Gasteiger partial charge in [0.05, 0.1) is 18.4 Å². The zero-order valence-electron chi connectivity index (χ0n) is 11.2. The summed E-state index contributed by atoms with van der Waals surface area (Å²) in [7, 11) is 1.59. The molecule has 2 aromatic carbocycles. The lowest BCUT2D eigenvalue weighted by Gasteiger charge is -2.09. The zero-order valence-corrected chi connectivity index (χ0v) is 14.4. The van der Waals surface area contributed by atoms with Crippen LogP contribution >= 0.6 is 31.9 Å². The minimum atomic E-state index is -0.475. The van der Waals surface area contributed by atoms with E-state index in [9.17, 15) is 4.79 Å². The van der Waals surface area contributed by atoms with Crippen molar-refractivity contribution in [2.24, 2.45) is 0 Å². The molecule has 0 heterocycles. The summed E-state index contributed by atoms with van der Waals surface area (Å²) in [6.45, 7) is 0.152. The molecule has 21 heavy (non-hydrogen) atoms. The van der Waals surface area contributed by atoms with E-state index in [0.29, 0.717) is 21.5 Å². The summed E-state index contributed by atoms with van der Waals surface area (Å²) in [4.78, 5) is 12.1. The number of esters is 1. The van der Waals surface area contributed by atoms with Gasteiger partial charge in [0.1, 0.15) is 12.4 Å². The van der Waals surface area contributed by atoms with Crippen LogP contribution in [0.1, 0.15) is 15.9 Å². The van der Waals surface area contributed by atoms with Gasteiger partial charge in [0.2, 0.25) is 0 Å². The third kappa shape index (κ3) is 3.98. The van der Waals surface area contributed by atoms with Crippen LogP contribution in [0.25, 0.3) is 0 Å². The molecule has 0 saturated carbocycles. The maximum Gasteiger partial charge on any atom is 0.340 e. The van der Waals surface area contributed by atoms with E-state index in [1.165, 1.54) is 0 Å². The van der Waals surface area contributed by atoms with Crippen LogP contribution in [0.15, 0.2) is 45.3 Å². The standard InChI is InChI=1S/C15H13Br2NO3/c1-20-11-4-2-3-9(5-11)8-21-15(19)12-6-10(16)7-13(17)14(12)18/h2-7H,8,18H2,1H3. The topological polar surface area (TPSA) is 61.5 Å². The van der Waals surface area contributed by atoms with Gasteiger partial charge in [-0.1, -0.05) is 28.1 Å². The van der Waals surface area contributed by atoms with Crippen molar-refractivity contribution >= 4 is 43.5 Å². The molecule has 2 aromatic rings. The van der Waals surface area contributed by atoms with Gasteiger partial charge in [-0.15, -0.1) is 0 Å². The van der Waals surface area contributed by atoms with E-state index < -0.39 is 5.97 Å². The lowest BCUT2D eigenvalue weighted by molar-refractivity contribution is 0.0473. The third-order valence-electron chi connectivity index (χ3n) is 2.82. The molecule has 6 heteroatoms. The summed E-state index contributed by atoms with van der Waals surface area (Å²) in [5.41, 5.74) is 7.40. The fourth-order valence-corrected chi connectivity index (χ4v) is 2.97. The molecule has 0 bridgehead atoms. The molecule has 0 radical (unpaired) electrons. The predicted octanol–water partition coefficient (Wildman–Crippen LogP) is 4.16. The first-order valence-electron chi connectivity index (χ1n) is 6.06. The van der Waals surface area contributed by atoms with E-state index in [2.05, 4.69) is 31.9 Å². The average Bonchev–Trinajstić information content (AvgIpc) is 2.48. The lowest BCUT2D eigenvalue weighted by atomic mass is 10.2. The molecule has 0 aromatic heterocycles. The lowest BCUT2D eigenvalue weighted by Crippen LogP contribution is -2.09. The molecule has 0 fully saturated rings. The second kappa shape index (κ2) is 6.95. The van der Waals surface area contributed by atoms with Gasteiger partial charge in [-0.2, -0.15) is 0 Å². The average molecular weight is 415 g/mol. The Labute approximate surface area is 139 Å². The number of nitrogen functional groups attached to an aromatic ring is 1. The highest BCUT2D eigenvalue weighted by atomic mass is 79.9. The Kier molecular flexibility index (Phi) is 5.25. The van der Waals surface area contributed by atoms with E-state index in [0.717, 1.165) is 10.0 Å². The summed E-state index contributed by atoms with van der Waals surface area (Å²) in [6, 6.07) is 10.7. The summed E-state index contributed by atoms with van der Waals surface area (Å²) >= 11 is 6.62. The molecular weight excluding hydrogens is 402 g/mol. The van der Waals surface area contributed by atoms with Crippen LogP contribution in [0.2, 0.25) is 0 Å². The Morgan fingerprint density at radius 3 is 2.71 bits per heavy atom. The molecule has 0 unspecified atom stereocenters. The summed E-state index contributed by atoms with van der Waals surface area (Å²) in [5.74, 6) is 0.241. The highest BCUT2D eigenvalue weighted by Gasteiger charge is 2.15. The number of methoxy groups -OCH3 is 1. The number of benzene rings is 2. The Bertz CT molecular complexity index is 674. The molecule has 0 spiro atoms. The van der Waals surface area contributed by atoms with Crippen molar-refractivity contribution in [3.63, 3.8) is 0 Å². The van der Waals surface area contributed by atoms with E-state index in [1.54, 1.807) is 19.2 Å². The molecule has 0 saturated heterocycles. The van der Waals surface area contributed by atoms with Crippen molar-refractivity contribution in [1.82, 2.24) is 0 Å². The van der Waals surface area contributed by atoms with Gasteiger partial charge in [-0.25, -0.2) is 4.79 Å². The quantitative estimate of drug-likeness (QED) is 0.602. The smallest absolute Gasteiger partial charge is 0.340 e. The number of carbonyl (C=O) groups excluding carboxylic acids is 1. The maximum absolute atomic E-state index is 12.1. The van der Waals surface area contributed by atoms with Crippen LogP contribution in [-0.4, -0.2) is 13.1 Å². The highest BCUT2D eigenvalue weighted by molar-refractivity contribution is 9.11. The summed E-state index contributed by atoms with van der Waals surface area (Å²) in [5, 5.41) is 0. The van der Waals surface area contributed by atoms with Crippen LogP contribution in [0.5, 0.6) is 5.75 Å². The minimum Gasteiger partial charge on any atom is -0.497 e. The first-order chi connectivity index (χ1) is 10.0. The van der Waals surface area contributed by atoms with Crippen LogP contribution in [0.3, 0.4) is 0 Å². The van der Waals surface area contributed by atoms with E-state index in [1.807, 2.05) is 24.3 Å². The monoisotopic (exact) mass is 413 g/mol. The van der Waals surface area contributed by atoms with Crippen LogP contribution in [0, 0.1) is 0 Å². The fraction of sp³-hybridized carbons (Fsp3) is 0.133. The molecule has 2 N–H and O–H groups in total. The SMILES string of the molecule is COc1cccc(COC(=O)c2cc(Br)cc(Br)c2N)c1. The van der Waals surface area contributed by atoms with Crippen LogP contribution in [0.4, 0.5) is 5.69 Å². The minimum absolute atomic E-state index is 0.152. The van der Waals surface area contributed by atoms with Crippen molar-refractivity contribution in [1.29, 1.82) is 0 Å². The third-order valence-corrected chi connectivity index (χ3v) is 3.93. The van der Waals surface area contributed by atoms with Crippen molar-refractivity contribution in [2.75, 3.05) is 12.8 Å². The van der Waals surface area contributed by atoms with Gasteiger partial charge in [-0.3, -0.25) is 0 Å². The van der Waals surface area contributed by atoms with Gasteiger partial charge in [0.15, 0.2) is 0 Å². The maximum atomic E-state index is 12.1. The number of halogens is 2. The first kappa shape index (κ1) is 15.9. The van der Waals surface area contributed by atoms with Gasteiger partial charge >= 0.3 is 5.97 Å². The van der Waals surface area contributed by atoms with Crippen molar-refractivity contribution in [3.8, 4) is 5.75 Å². The molecular formula is C15H13Br2NO3. The molecule has 0 aliphatic heterocycles. The van der Waals surface area contributed by atoms with Crippen LogP contribution in [-0.2, 0) is 11.3 Å². The first-order valence-corrected chi connectivity index (χ1v) is 7.64. The second-order valence-corrected chi connectivity index (χ2v) is 6.05. The number of nitrogens with two attached hydrogens (primary N) is 1. The zero-order chi connectivity index (χ0) is 15.4. The largest absolute Gasteiger partial charge is 0.497 e. The predicted molar refractivity (Wildman–Crippen MR) is 88.4 cm³/mol. The van der Waals surface area contributed by atoms with E-state index in [-0.39, 0.29) is 6.61 Å². The normalized spacial score (nSPS) is 10.2. The molecule has 0 aliphatic rings. The van der Waals surface area contributed by atoms with Gasteiger partial charge in [0, 0.05) is 8.95 Å². The number of ether oxygens (including phenoxy) is 2. The van der Waals surface area contributed by atoms with Gasteiger partial charge in [-0.05, 0) is 45.8 Å². The second-order valence-electron chi connectivity index (χ2n) is 4.28. The molecule has 0 aliphatic carbocycles. The Hall–Kier alpha value is -1.53. The van der Waals surface area contributed by atoms with Crippen molar-refractivity contribution in [2.45, 2.75) is 6.61 Å². The summed E-state index contributed by atoms with van der Waals surface area (Å²) < 4.78 is 11.8. The van der Waals surface area contributed by atoms with Gasteiger partial charge < -0.3 is 15.2 Å². The van der Waals surface area contributed by atoms with E-state index >= 15 is 0 Å². The Morgan fingerprint density at radius 1 is 1.24 bits per heavy atom.